The van der Waals surface area contributed by atoms with Gasteiger partial charge in [-0.15, -0.1) is 0 Å². The van der Waals surface area contributed by atoms with Crippen molar-refractivity contribution in [2.75, 3.05) is 25.2 Å². The van der Waals surface area contributed by atoms with Crippen molar-refractivity contribution in [3.05, 3.63) is 54.1 Å². The molecule has 0 bridgehead atoms. The van der Waals surface area contributed by atoms with E-state index in [1.807, 2.05) is 36.4 Å². The average molecular weight is 354 g/mol. The van der Waals surface area contributed by atoms with Crippen LogP contribution in [0.25, 0.3) is 0 Å². The zero-order valence-electron chi connectivity index (χ0n) is 14.7. The molecule has 0 radical (unpaired) electrons. The van der Waals surface area contributed by atoms with E-state index in [2.05, 4.69) is 5.32 Å². The van der Waals surface area contributed by atoms with E-state index >= 15 is 0 Å². The van der Waals surface area contributed by atoms with Crippen LogP contribution in [0.1, 0.15) is 18.4 Å². The Morgan fingerprint density at radius 3 is 2.38 bits per heavy atom. The molecule has 3 rings (SSSR count). The lowest BCUT2D eigenvalue weighted by Crippen LogP contribution is -2.28. The van der Waals surface area contributed by atoms with Gasteiger partial charge in [0.25, 0.3) is 5.91 Å². The first-order chi connectivity index (χ1) is 12.7. The standard InChI is InChI=1S/C20H22N2O4/c1-25-17-8-4-15(5-9-17)13-21-19(23)14-26-18-10-6-16(7-11-18)22-12-2-3-20(22)24/h4-11H,2-3,12-14H2,1H3,(H,21,23). The van der Waals surface area contributed by atoms with E-state index in [9.17, 15) is 9.59 Å². The largest absolute Gasteiger partial charge is 0.497 e. The summed E-state index contributed by atoms with van der Waals surface area (Å²) in [5.74, 6) is 1.33. The van der Waals surface area contributed by atoms with Gasteiger partial charge in [-0.25, -0.2) is 0 Å². The van der Waals surface area contributed by atoms with E-state index in [1.54, 1.807) is 24.1 Å². The zero-order chi connectivity index (χ0) is 18.4. The Balaban J connectivity index is 1.44. The molecule has 1 aliphatic rings. The molecule has 0 unspecified atom stereocenters. The lowest BCUT2D eigenvalue weighted by molar-refractivity contribution is -0.123. The number of rotatable bonds is 7. The lowest BCUT2D eigenvalue weighted by Gasteiger charge is -2.16. The number of amides is 2. The van der Waals surface area contributed by atoms with E-state index in [0.717, 1.165) is 30.0 Å². The van der Waals surface area contributed by atoms with Crippen LogP contribution in [0, 0.1) is 0 Å². The maximum absolute atomic E-state index is 11.9. The minimum absolute atomic E-state index is 0.0574. The summed E-state index contributed by atoms with van der Waals surface area (Å²) in [4.78, 5) is 25.4. The summed E-state index contributed by atoms with van der Waals surface area (Å²) in [6.07, 6.45) is 1.50. The molecule has 0 aromatic heterocycles. The topological polar surface area (TPSA) is 67.9 Å². The van der Waals surface area contributed by atoms with Crippen LogP contribution in [0.2, 0.25) is 0 Å². The van der Waals surface area contributed by atoms with E-state index in [0.29, 0.717) is 18.7 Å². The van der Waals surface area contributed by atoms with Crippen LogP contribution in [0.4, 0.5) is 5.69 Å². The highest BCUT2D eigenvalue weighted by Gasteiger charge is 2.21. The first-order valence-corrected chi connectivity index (χ1v) is 8.58. The Morgan fingerprint density at radius 1 is 1.08 bits per heavy atom. The lowest BCUT2D eigenvalue weighted by atomic mass is 10.2. The van der Waals surface area contributed by atoms with Gasteiger partial charge in [0.15, 0.2) is 6.61 Å². The molecule has 2 aromatic rings. The van der Waals surface area contributed by atoms with Crippen LogP contribution in [0.3, 0.4) is 0 Å². The molecule has 1 aliphatic heterocycles. The van der Waals surface area contributed by atoms with E-state index in [1.165, 1.54) is 0 Å². The van der Waals surface area contributed by atoms with Crippen molar-refractivity contribution >= 4 is 17.5 Å². The quantitative estimate of drug-likeness (QED) is 0.830. The highest BCUT2D eigenvalue weighted by molar-refractivity contribution is 5.95. The molecule has 0 atom stereocenters. The minimum atomic E-state index is -0.195. The molecule has 2 amide bonds. The molecule has 0 aliphatic carbocycles. The van der Waals surface area contributed by atoms with E-state index in [-0.39, 0.29) is 18.4 Å². The Hall–Kier alpha value is -3.02. The van der Waals surface area contributed by atoms with Gasteiger partial charge in [-0.05, 0) is 48.4 Å². The fourth-order valence-corrected chi connectivity index (χ4v) is 2.79. The fraction of sp³-hybridized carbons (Fsp3) is 0.300. The highest BCUT2D eigenvalue weighted by Crippen LogP contribution is 2.23. The molecule has 2 aromatic carbocycles. The van der Waals surface area contributed by atoms with Gasteiger partial charge < -0.3 is 19.7 Å². The molecular weight excluding hydrogens is 332 g/mol. The third-order valence-corrected chi connectivity index (χ3v) is 4.24. The Kier molecular flexibility index (Phi) is 5.73. The van der Waals surface area contributed by atoms with Gasteiger partial charge in [0.05, 0.1) is 7.11 Å². The number of carbonyl (C=O) groups is 2. The third-order valence-electron chi connectivity index (χ3n) is 4.24. The van der Waals surface area contributed by atoms with Crippen LogP contribution < -0.4 is 19.7 Å². The molecule has 136 valence electrons. The second-order valence-electron chi connectivity index (χ2n) is 6.06. The first-order valence-electron chi connectivity index (χ1n) is 8.58. The SMILES string of the molecule is COc1ccc(CNC(=O)COc2ccc(N3CCCC3=O)cc2)cc1. The molecule has 26 heavy (non-hydrogen) atoms. The second kappa shape index (κ2) is 8.38. The van der Waals surface area contributed by atoms with Gasteiger partial charge in [-0.2, -0.15) is 0 Å². The Bertz CT molecular complexity index is 756. The zero-order valence-corrected chi connectivity index (χ0v) is 14.7. The van der Waals surface area contributed by atoms with Crippen LogP contribution in [-0.4, -0.2) is 32.1 Å². The van der Waals surface area contributed by atoms with Crippen molar-refractivity contribution in [2.45, 2.75) is 19.4 Å². The number of ether oxygens (including phenoxy) is 2. The van der Waals surface area contributed by atoms with Crippen LogP contribution in [0.15, 0.2) is 48.5 Å². The molecule has 1 saturated heterocycles. The van der Waals surface area contributed by atoms with Crippen LogP contribution in [-0.2, 0) is 16.1 Å². The number of hydrogen-bond donors (Lipinski definition) is 1. The van der Waals surface area contributed by atoms with Gasteiger partial charge in [0.2, 0.25) is 5.91 Å². The van der Waals surface area contributed by atoms with Gasteiger partial charge in [0, 0.05) is 25.2 Å². The molecule has 1 N–H and O–H groups in total. The molecular formula is C20H22N2O4. The Labute approximate surface area is 152 Å². The van der Waals surface area contributed by atoms with Gasteiger partial charge >= 0.3 is 0 Å². The number of nitrogens with zero attached hydrogens (tertiary/aromatic N) is 1. The number of benzene rings is 2. The van der Waals surface area contributed by atoms with Crippen LogP contribution in [0.5, 0.6) is 11.5 Å². The summed E-state index contributed by atoms with van der Waals surface area (Å²) in [6, 6.07) is 14.7. The number of nitrogens with one attached hydrogen (secondary N) is 1. The number of anilines is 1. The monoisotopic (exact) mass is 354 g/mol. The van der Waals surface area contributed by atoms with E-state index in [4.69, 9.17) is 9.47 Å². The number of hydrogen-bond acceptors (Lipinski definition) is 4. The number of methoxy groups -OCH3 is 1. The Morgan fingerprint density at radius 2 is 1.77 bits per heavy atom. The third kappa shape index (κ3) is 4.53. The summed E-state index contributed by atoms with van der Waals surface area (Å²) in [5, 5.41) is 2.81. The summed E-state index contributed by atoms with van der Waals surface area (Å²) in [5.41, 5.74) is 1.85. The average Bonchev–Trinajstić information content (AvgIpc) is 3.11. The summed E-state index contributed by atoms with van der Waals surface area (Å²) < 4.78 is 10.6. The van der Waals surface area contributed by atoms with Crippen molar-refractivity contribution in [3.63, 3.8) is 0 Å². The van der Waals surface area contributed by atoms with Crippen molar-refractivity contribution < 1.29 is 19.1 Å². The predicted octanol–water partition coefficient (Wildman–Crippen LogP) is 2.52. The van der Waals surface area contributed by atoms with Gasteiger partial charge in [-0.3, -0.25) is 9.59 Å². The normalized spacial score (nSPS) is 13.6. The minimum Gasteiger partial charge on any atom is -0.497 e. The molecule has 1 fully saturated rings. The smallest absolute Gasteiger partial charge is 0.258 e. The maximum atomic E-state index is 11.9. The first kappa shape index (κ1) is 17.8. The molecule has 1 heterocycles. The molecule has 6 heteroatoms. The predicted molar refractivity (Wildman–Crippen MR) is 98.4 cm³/mol. The van der Waals surface area contributed by atoms with Crippen molar-refractivity contribution in [1.29, 1.82) is 0 Å². The summed E-state index contributed by atoms with van der Waals surface area (Å²) in [7, 11) is 1.61. The van der Waals surface area contributed by atoms with E-state index < -0.39 is 0 Å². The molecule has 6 nitrogen and oxygen atoms in total. The van der Waals surface area contributed by atoms with Gasteiger partial charge in [-0.1, -0.05) is 12.1 Å². The maximum Gasteiger partial charge on any atom is 0.258 e. The summed E-state index contributed by atoms with van der Waals surface area (Å²) >= 11 is 0. The van der Waals surface area contributed by atoms with Crippen molar-refractivity contribution in [2.24, 2.45) is 0 Å². The van der Waals surface area contributed by atoms with Crippen molar-refractivity contribution in [3.8, 4) is 11.5 Å². The summed E-state index contributed by atoms with van der Waals surface area (Å²) in [6.45, 7) is 1.13. The molecule has 0 spiro atoms. The molecule has 0 saturated carbocycles. The number of carbonyl (C=O) groups excluding carboxylic acids is 2. The van der Waals surface area contributed by atoms with Crippen molar-refractivity contribution in [1.82, 2.24) is 5.32 Å². The fourth-order valence-electron chi connectivity index (χ4n) is 2.79. The van der Waals surface area contributed by atoms with Crippen LogP contribution >= 0.6 is 0 Å². The highest BCUT2D eigenvalue weighted by atomic mass is 16.5. The van der Waals surface area contributed by atoms with Gasteiger partial charge in [0.1, 0.15) is 11.5 Å². The second-order valence-corrected chi connectivity index (χ2v) is 6.06.